The number of nitrogens with zero attached hydrogens (tertiary/aromatic N) is 1. The second kappa shape index (κ2) is 6.95. The molecule has 3 aromatic carbocycles. The SMILES string of the molecule is Cc1ccc2[nH]c3c(c2c1)[C@H](C[N+](=O)[O-])c1cc(F)ccc1C=C3c1ccccc1. The summed E-state index contributed by atoms with van der Waals surface area (Å²) in [6.45, 7) is 1.69. The Balaban J connectivity index is 1.90. The van der Waals surface area contributed by atoms with Gasteiger partial charge in [0, 0.05) is 21.4 Å². The van der Waals surface area contributed by atoms with Crippen LogP contribution in [0.2, 0.25) is 0 Å². The van der Waals surface area contributed by atoms with E-state index < -0.39 is 11.7 Å². The Hall–Kier alpha value is -3.73. The Morgan fingerprint density at radius 2 is 1.87 bits per heavy atom. The zero-order valence-corrected chi connectivity index (χ0v) is 16.4. The van der Waals surface area contributed by atoms with Gasteiger partial charge in [0.2, 0.25) is 6.54 Å². The van der Waals surface area contributed by atoms with Crippen LogP contribution >= 0.6 is 0 Å². The molecule has 5 heteroatoms. The molecule has 4 aromatic rings. The number of aromatic amines is 1. The van der Waals surface area contributed by atoms with Gasteiger partial charge in [0.15, 0.2) is 0 Å². The number of fused-ring (bicyclic) bond motifs is 4. The van der Waals surface area contributed by atoms with E-state index >= 15 is 0 Å². The van der Waals surface area contributed by atoms with Crippen molar-refractivity contribution in [1.29, 1.82) is 0 Å². The maximum atomic E-state index is 14.2. The van der Waals surface area contributed by atoms with Crippen LogP contribution in [0.25, 0.3) is 22.6 Å². The van der Waals surface area contributed by atoms with Crippen molar-refractivity contribution in [2.75, 3.05) is 6.54 Å². The molecule has 1 heterocycles. The monoisotopic (exact) mass is 398 g/mol. The van der Waals surface area contributed by atoms with Gasteiger partial charge < -0.3 is 4.98 Å². The number of hydrogen-bond acceptors (Lipinski definition) is 2. The minimum Gasteiger partial charge on any atom is -0.354 e. The van der Waals surface area contributed by atoms with Gasteiger partial charge >= 0.3 is 0 Å². The van der Waals surface area contributed by atoms with Crippen molar-refractivity contribution in [1.82, 2.24) is 4.98 Å². The fourth-order valence-electron chi connectivity index (χ4n) is 4.45. The molecule has 148 valence electrons. The van der Waals surface area contributed by atoms with Crippen molar-refractivity contribution in [3.05, 3.63) is 116 Å². The lowest BCUT2D eigenvalue weighted by Crippen LogP contribution is -2.15. The van der Waals surface area contributed by atoms with Crippen molar-refractivity contribution < 1.29 is 9.31 Å². The number of halogens is 1. The molecule has 0 fully saturated rings. The summed E-state index contributed by atoms with van der Waals surface area (Å²) in [7, 11) is 0. The lowest BCUT2D eigenvalue weighted by Gasteiger charge is -2.16. The molecular weight excluding hydrogens is 379 g/mol. The van der Waals surface area contributed by atoms with Gasteiger partial charge in [-0.25, -0.2) is 4.39 Å². The summed E-state index contributed by atoms with van der Waals surface area (Å²) in [6, 6.07) is 20.5. The zero-order chi connectivity index (χ0) is 20.8. The van der Waals surface area contributed by atoms with Gasteiger partial charge in [0.05, 0.1) is 11.6 Å². The molecule has 1 aromatic heterocycles. The third kappa shape index (κ3) is 2.99. The van der Waals surface area contributed by atoms with Crippen LogP contribution in [-0.2, 0) is 0 Å². The van der Waals surface area contributed by atoms with E-state index in [2.05, 4.69) is 4.98 Å². The minimum atomic E-state index is -0.561. The first-order valence-electron chi connectivity index (χ1n) is 9.82. The van der Waals surface area contributed by atoms with E-state index in [1.54, 1.807) is 6.07 Å². The van der Waals surface area contributed by atoms with E-state index in [0.717, 1.165) is 44.4 Å². The Morgan fingerprint density at radius 3 is 2.63 bits per heavy atom. The van der Waals surface area contributed by atoms with Crippen molar-refractivity contribution in [3.63, 3.8) is 0 Å². The van der Waals surface area contributed by atoms with Crippen LogP contribution in [0.15, 0.2) is 66.7 Å². The molecular formula is C25H19FN2O2. The normalized spacial score (nSPS) is 15.3. The van der Waals surface area contributed by atoms with Crippen molar-refractivity contribution in [2.45, 2.75) is 12.8 Å². The molecule has 0 unspecified atom stereocenters. The van der Waals surface area contributed by atoms with Crippen LogP contribution in [0.5, 0.6) is 0 Å². The summed E-state index contributed by atoms with van der Waals surface area (Å²) >= 11 is 0. The summed E-state index contributed by atoms with van der Waals surface area (Å²) in [5.74, 6) is -0.954. The molecule has 1 atom stereocenters. The van der Waals surface area contributed by atoms with Gasteiger partial charge in [-0.3, -0.25) is 10.1 Å². The second-order valence-corrected chi connectivity index (χ2v) is 7.73. The zero-order valence-electron chi connectivity index (χ0n) is 16.4. The Labute approximate surface area is 172 Å². The molecule has 0 bridgehead atoms. The first-order valence-corrected chi connectivity index (χ1v) is 9.82. The number of aromatic nitrogens is 1. The van der Waals surface area contributed by atoms with Crippen molar-refractivity contribution in [2.24, 2.45) is 0 Å². The summed E-state index contributed by atoms with van der Waals surface area (Å²) in [6.07, 6.45) is 2.01. The quantitative estimate of drug-likeness (QED) is 0.344. The van der Waals surface area contributed by atoms with Gasteiger partial charge in [0.1, 0.15) is 5.82 Å². The molecule has 4 nitrogen and oxygen atoms in total. The van der Waals surface area contributed by atoms with Crippen LogP contribution in [0.1, 0.15) is 39.4 Å². The molecule has 0 radical (unpaired) electrons. The lowest BCUT2D eigenvalue weighted by molar-refractivity contribution is -0.481. The molecule has 1 N–H and O–H groups in total. The molecule has 1 aliphatic carbocycles. The van der Waals surface area contributed by atoms with Gasteiger partial charge in [-0.15, -0.1) is 0 Å². The smallest absolute Gasteiger partial charge is 0.214 e. The van der Waals surface area contributed by atoms with Gasteiger partial charge in [-0.2, -0.15) is 0 Å². The van der Waals surface area contributed by atoms with E-state index in [4.69, 9.17) is 0 Å². The third-order valence-electron chi connectivity index (χ3n) is 5.75. The second-order valence-electron chi connectivity index (χ2n) is 7.73. The van der Waals surface area contributed by atoms with Crippen LogP contribution in [-0.4, -0.2) is 16.5 Å². The van der Waals surface area contributed by atoms with Crippen LogP contribution in [0, 0.1) is 22.9 Å². The average Bonchev–Trinajstić information content (AvgIpc) is 3.03. The number of hydrogen-bond donors (Lipinski definition) is 1. The highest BCUT2D eigenvalue weighted by Gasteiger charge is 2.32. The molecule has 0 saturated heterocycles. The summed E-state index contributed by atoms with van der Waals surface area (Å²) in [5.41, 5.74) is 7.07. The third-order valence-corrected chi connectivity index (χ3v) is 5.75. The van der Waals surface area contributed by atoms with E-state index in [9.17, 15) is 14.5 Å². The number of aryl methyl sites for hydroxylation is 1. The van der Waals surface area contributed by atoms with E-state index in [0.29, 0.717) is 5.56 Å². The fraction of sp³-hybridized carbons (Fsp3) is 0.120. The van der Waals surface area contributed by atoms with Crippen LogP contribution in [0.3, 0.4) is 0 Å². The lowest BCUT2D eigenvalue weighted by atomic mass is 9.87. The summed E-state index contributed by atoms with van der Waals surface area (Å²) in [4.78, 5) is 14.8. The Morgan fingerprint density at radius 1 is 1.07 bits per heavy atom. The Kier molecular flexibility index (Phi) is 4.24. The molecule has 5 rings (SSSR count). The predicted molar refractivity (Wildman–Crippen MR) is 117 cm³/mol. The highest BCUT2D eigenvalue weighted by atomic mass is 19.1. The maximum Gasteiger partial charge on any atom is 0.214 e. The Bertz CT molecular complexity index is 1320. The van der Waals surface area contributed by atoms with Crippen molar-refractivity contribution in [3.8, 4) is 0 Å². The number of nitrogens with one attached hydrogen (secondary N) is 1. The highest BCUT2D eigenvalue weighted by molar-refractivity contribution is 6.00. The first-order chi connectivity index (χ1) is 14.5. The molecule has 0 amide bonds. The van der Waals surface area contributed by atoms with E-state index in [1.807, 2.05) is 61.5 Å². The minimum absolute atomic E-state index is 0.305. The molecule has 0 saturated carbocycles. The van der Waals surface area contributed by atoms with Crippen LogP contribution < -0.4 is 0 Å². The molecule has 0 spiro atoms. The molecule has 1 aliphatic rings. The number of H-pyrrole nitrogens is 1. The van der Waals surface area contributed by atoms with Gasteiger partial charge in [-0.05, 0) is 59.5 Å². The number of benzene rings is 3. The predicted octanol–water partition coefficient (Wildman–Crippen LogP) is 5.93. The molecule has 0 aliphatic heterocycles. The summed E-state index contributed by atoms with van der Waals surface area (Å²) in [5, 5.41) is 12.6. The fourth-order valence-corrected chi connectivity index (χ4v) is 4.45. The number of rotatable bonds is 3. The maximum absolute atomic E-state index is 14.2. The summed E-state index contributed by atoms with van der Waals surface area (Å²) < 4.78 is 14.2. The standard InChI is InChI=1S/C25H19FN2O2/c1-15-7-10-23-21(11-15)24-22(14-28(29)30)19-13-18(26)9-8-17(19)12-20(25(24)27-23)16-5-3-2-4-6-16/h2-13,22,27H,14H2,1H3/t22-/m1/s1. The van der Waals surface area contributed by atoms with Gasteiger partial charge in [0.25, 0.3) is 0 Å². The topological polar surface area (TPSA) is 58.9 Å². The molecule has 30 heavy (non-hydrogen) atoms. The average molecular weight is 398 g/mol. The van der Waals surface area contributed by atoms with Crippen LogP contribution in [0.4, 0.5) is 4.39 Å². The van der Waals surface area contributed by atoms with E-state index in [-0.39, 0.29) is 11.5 Å². The van der Waals surface area contributed by atoms with Crippen molar-refractivity contribution >= 4 is 22.6 Å². The first kappa shape index (κ1) is 18.3. The van der Waals surface area contributed by atoms with E-state index in [1.165, 1.54) is 12.1 Å². The van der Waals surface area contributed by atoms with Gasteiger partial charge in [-0.1, -0.05) is 48.0 Å². The highest BCUT2D eigenvalue weighted by Crippen LogP contribution is 2.44. The largest absolute Gasteiger partial charge is 0.354 e. The number of nitro groups is 1.